The molecule has 9 nitrogen and oxygen atoms in total. The van der Waals surface area contributed by atoms with Gasteiger partial charge in [-0.05, 0) is 61.8 Å². The third-order valence-electron chi connectivity index (χ3n) is 6.70. The zero-order valence-corrected chi connectivity index (χ0v) is 22.1. The highest BCUT2D eigenvalue weighted by Crippen LogP contribution is 2.32. The fourth-order valence-electron chi connectivity index (χ4n) is 4.58. The molecule has 9 heteroatoms. The summed E-state index contributed by atoms with van der Waals surface area (Å²) in [5, 5.41) is 25.3. The summed E-state index contributed by atoms with van der Waals surface area (Å²) in [4.78, 5) is 53.2. The molecule has 0 aliphatic rings. The lowest BCUT2D eigenvalue weighted by molar-refractivity contribution is 0.0684. The van der Waals surface area contributed by atoms with Crippen molar-refractivity contribution in [1.29, 1.82) is 0 Å². The number of anilines is 1. The summed E-state index contributed by atoms with van der Waals surface area (Å²) < 4.78 is 0. The van der Waals surface area contributed by atoms with Gasteiger partial charge in [0.25, 0.3) is 11.8 Å². The topological polar surface area (TPSA) is 136 Å². The van der Waals surface area contributed by atoms with E-state index in [4.69, 9.17) is 0 Å². The van der Waals surface area contributed by atoms with E-state index in [9.17, 15) is 29.4 Å². The molecule has 3 aromatic carbocycles. The van der Waals surface area contributed by atoms with Crippen LogP contribution >= 0.6 is 0 Å². The van der Waals surface area contributed by atoms with Gasteiger partial charge in [0.15, 0.2) is 0 Å². The average molecular weight is 520 g/mol. The van der Waals surface area contributed by atoms with Gasteiger partial charge in [-0.1, -0.05) is 39.0 Å². The highest BCUT2D eigenvalue weighted by atomic mass is 16.4. The molecule has 200 valence electrons. The molecule has 0 aliphatic heterocycles. The second-order valence-corrected chi connectivity index (χ2v) is 8.88. The number of fused-ring (bicyclic) bond motifs is 1. The Morgan fingerprint density at radius 1 is 0.763 bits per heavy atom. The van der Waals surface area contributed by atoms with E-state index >= 15 is 0 Å². The number of likely N-dealkylation sites (N-methyl/N-ethyl adjacent to an activating group) is 1. The van der Waals surface area contributed by atoms with Crippen LogP contribution in [-0.2, 0) is 6.42 Å². The molecular formula is C29H33N3O6. The quantitative estimate of drug-likeness (QED) is 0.294. The SMILES string of the molecule is CCc1cccc(C)c1NC(=O)c1ccc(C(=O)NCCN(CC)CC)c2c(C(=O)O)ccc(C(=O)O)c12. The van der Waals surface area contributed by atoms with E-state index in [0.717, 1.165) is 36.3 Å². The molecule has 0 saturated heterocycles. The number of carbonyl (C=O) groups excluding carboxylic acids is 2. The molecule has 0 aliphatic carbocycles. The van der Waals surface area contributed by atoms with Crippen molar-refractivity contribution in [2.75, 3.05) is 31.5 Å². The average Bonchev–Trinajstić information content (AvgIpc) is 2.90. The summed E-state index contributed by atoms with van der Waals surface area (Å²) in [5.41, 5.74) is 1.75. The highest BCUT2D eigenvalue weighted by Gasteiger charge is 2.26. The van der Waals surface area contributed by atoms with E-state index in [1.807, 2.05) is 45.9 Å². The Labute approximate surface area is 221 Å². The molecule has 3 rings (SSSR count). The molecule has 0 saturated carbocycles. The first-order chi connectivity index (χ1) is 18.1. The molecule has 4 N–H and O–H groups in total. The van der Waals surface area contributed by atoms with Crippen LogP contribution in [0.1, 0.15) is 73.3 Å². The first-order valence-corrected chi connectivity index (χ1v) is 12.6. The Bertz CT molecular complexity index is 1390. The minimum atomic E-state index is -1.34. The molecular weight excluding hydrogens is 486 g/mol. The number of benzene rings is 3. The van der Waals surface area contributed by atoms with Crippen LogP contribution in [-0.4, -0.2) is 65.0 Å². The number of hydrogen-bond acceptors (Lipinski definition) is 5. The first-order valence-electron chi connectivity index (χ1n) is 12.6. The molecule has 3 aromatic rings. The molecule has 0 bridgehead atoms. The molecule has 0 aromatic heterocycles. The number of carboxylic acid groups (broad SMARTS) is 2. The zero-order chi connectivity index (χ0) is 28.0. The minimum absolute atomic E-state index is 0.0123. The van der Waals surface area contributed by atoms with Crippen molar-refractivity contribution >= 4 is 40.2 Å². The Morgan fingerprint density at radius 3 is 1.79 bits per heavy atom. The van der Waals surface area contributed by atoms with Crippen LogP contribution < -0.4 is 10.6 Å². The van der Waals surface area contributed by atoms with Gasteiger partial charge >= 0.3 is 11.9 Å². The van der Waals surface area contributed by atoms with Crippen LogP contribution in [0.5, 0.6) is 0 Å². The largest absolute Gasteiger partial charge is 0.478 e. The van der Waals surface area contributed by atoms with E-state index in [-0.39, 0.29) is 33.0 Å². The van der Waals surface area contributed by atoms with Crippen LogP contribution in [0.2, 0.25) is 0 Å². The molecule has 2 amide bonds. The van der Waals surface area contributed by atoms with Crippen LogP contribution in [0.4, 0.5) is 5.69 Å². The number of carboxylic acids is 2. The van der Waals surface area contributed by atoms with Gasteiger partial charge < -0.3 is 25.7 Å². The summed E-state index contributed by atoms with van der Waals surface area (Å²) in [6.07, 6.45) is 0.661. The zero-order valence-electron chi connectivity index (χ0n) is 22.1. The number of amides is 2. The van der Waals surface area contributed by atoms with Gasteiger partial charge in [0, 0.05) is 40.7 Å². The van der Waals surface area contributed by atoms with Crippen molar-refractivity contribution in [3.05, 3.63) is 75.8 Å². The van der Waals surface area contributed by atoms with Crippen LogP contribution in [0.15, 0.2) is 42.5 Å². The smallest absolute Gasteiger partial charge is 0.336 e. The lowest BCUT2D eigenvalue weighted by Crippen LogP contribution is -2.35. The summed E-state index contributed by atoms with van der Waals surface area (Å²) in [5.74, 6) is -3.83. The maximum absolute atomic E-state index is 13.5. The Kier molecular flexibility index (Phi) is 9.20. The monoisotopic (exact) mass is 519 g/mol. The van der Waals surface area contributed by atoms with Crippen LogP contribution in [0, 0.1) is 6.92 Å². The van der Waals surface area contributed by atoms with Gasteiger partial charge in [0.1, 0.15) is 0 Å². The van der Waals surface area contributed by atoms with Gasteiger partial charge in [0.2, 0.25) is 0 Å². The third kappa shape index (κ3) is 5.84. The van der Waals surface area contributed by atoms with Crippen molar-refractivity contribution in [2.45, 2.75) is 34.1 Å². The van der Waals surface area contributed by atoms with Gasteiger partial charge in [-0.25, -0.2) is 9.59 Å². The number of carbonyl (C=O) groups is 4. The molecule has 0 spiro atoms. The molecule has 0 radical (unpaired) electrons. The molecule has 0 fully saturated rings. The first kappa shape index (κ1) is 28.3. The Morgan fingerprint density at radius 2 is 1.29 bits per heavy atom. The molecule has 0 heterocycles. The third-order valence-corrected chi connectivity index (χ3v) is 6.70. The second-order valence-electron chi connectivity index (χ2n) is 8.88. The second kappa shape index (κ2) is 12.3. The van der Waals surface area contributed by atoms with E-state index in [1.54, 1.807) is 0 Å². The molecule has 38 heavy (non-hydrogen) atoms. The maximum atomic E-state index is 13.5. The Hall–Kier alpha value is -4.24. The van der Waals surface area contributed by atoms with E-state index in [1.165, 1.54) is 12.1 Å². The summed E-state index contributed by atoms with van der Waals surface area (Å²) in [6, 6.07) is 10.7. The van der Waals surface area contributed by atoms with Gasteiger partial charge in [-0.3, -0.25) is 9.59 Å². The van der Waals surface area contributed by atoms with Crippen molar-refractivity contribution in [1.82, 2.24) is 10.2 Å². The Balaban J connectivity index is 2.18. The van der Waals surface area contributed by atoms with Crippen LogP contribution in [0.3, 0.4) is 0 Å². The van der Waals surface area contributed by atoms with Crippen molar-refractivity contribution in [2.24, 2.45) is 0 Å². The fraction of sp³-hybridized carbons (Fsp3) is 0.310. The number of aromatic carboxylic acids is 2. The summed E-state index contributed by atoms with van der Waals surface area (Å²) in [6.45, 7) is 10.4. The summed E-state index contributed by atoms with van der Waals surface area (Å²) in [7, 11) is 0. The standard InChI is InChI=1S/C29H33N3O6/c1-5-18-10-8-9-17(4)25(18)31-27(34)20-12-11-19(26(33)30-15-16-32(6-2)7-3)23-21(28(35)36)13-14-22(24(20)23)29(37)38/h8-14H,5-7,15-16H2,1-4H3,(H,30,33)(H,31,34)(H,35,36)(H,37,38). The van der Waals surface area contributed by atoms with Gasteiger partial charge in [-0.15, -0.1) is 0 Å². The van der Waals surface area contributed by atoms with E-state index in [2.05, 4.69) is 15.5 Å². The van der Waals surface area contributed by atoms with E-state index < -0.39 is 23.8 Å². The van der Waals surface area contributed by atoms with Crippen LogP contribution in [0.25, 0.3) is 10.8 Å². The predicted molar refractivity (Wildman–Crippen MR) is 146 cm³/mol. The number of rotatable bonds is 11. The minimum Gasteiger partial charge on any atom is -0.478 e. The number of aryl methyl sites for hydroxylation is 2. The molecule has 0 unspecified atom stereocenters. The van der Waals surface area contributed by atoms with E-state index in [0.29, 0.717) is 25.2 Å². The van der Waals surface area contributed by atoms with Crippen molar-refractivity contribution in [3.63, 3.8) is 0 Å². The predicted octanol–water partition coefficient (Wildman–Crippen LogP) is 4.43. The normalized spacial score (nSPS) is 11.0. The lowest BCUT2D eigenvalue weighted by Gasteiger charge is -2.19. The lowest BCUT2D eigenvalue weighted by atomic mass is 9.90. The van der Waals surface area contributed by atoms with Gasteiger partial charge in [0.05, 0.1) is 11.1 Å². The highest BCUT2D eigenvalue weighted by molar-refractivity contribution is 6.24. The molecule has 0 atom stereocenters. The number of nitrogens with one attached hydrogen (secondary N) is 2. The number of hydrogen-bond donors (Lipinski definition) is 4. The van der Waals surface area contributed by atoms with Crippen molar-refractivity contribution < 1.29 is 29.4 Å². The number of para-hydroxylation sites is 1. The summed E-state index contributed by atoms with van der Waals surface area (Å²) >= 11 is 0. The maximum Gasteiger partial charge on any atom is 0.336 e. The van der Waals surface area contributed by atoms with Gasteiger partial charge in [-0.2, -0.15) is 0 Å². The van der Waals surface area contributed by atoms with Crippen molar-refractivity contribution in [3.8, 4) is 0 Å². The fourth-order valence-corrected chi connectivity index (χ4v) is 4.58. The number of nitrogens with zero attached hydrogens (tertiary/aromatic N) is 1.